The zero-order valence-electron chi connectivity index (χ0n) is 64.2. The molecule has 17 atom stereocenters. The first kappa shape index (κ1) is 94.7. The Bertz CT molecular complexity index is 2300. The fourth-order valence-electron chi connectivity index (χ4n) is 13.3. The highest BCUT2D eigenvalue weighted by Crippen LogP contribution is 2.33. The molecule has 3 aliphatic heterocycles. The minimum Gasteiger partial charge on any atom is -0.394 e. The van der Waals surface area contributed by atoms with Crippen molar-refractivity contribution < 1.29 is 89.4 Å². The van der Waals surface area contributed by atoms with Crippen LogP contribution in [0.5, 0.6) is 0 Å². The summed E-state index contributed by atoms with van der Waals surface area (Å²) in [7, 11) is 0. The molecule has 600 valence electrons. The average molecular weight is 1470 g/mol. The number of carbonyl (C=O) groups excluding carboxylic acids is 1. The summed E-state index contributed by atoms with van der Waals surface area (Å²) in [6.45, 7) is 1.64. The van der Waals surface area contributed by atoms with Gasteiger partial charge in [0, 0.05) is 6.42 Å². The van der Waals surface area contributed by atoms with Crippen LogP contribution >= 0.6 is 0 Å². The Balaban J connectivity index is 1.37. The van der Waals surface area contributed by atoms with Crippen molar-refractivity contribution in [1.29, 1.82) is 0 Å². The summed E-state index contributed by atoms with van der Waals surface area (Å²) in [5, 5.41) is 121. The van der Waals surface area contributed by atoms with Crippen molar-refractivity contribution in [2.45, 2.75) is 394 Å². The first-order chi connectivity index (χ1) is 50.8. The van der Waals surface area contributed by atoms with Gasteiger partial charge in [0.25, 0.3) is 0 Å². The fourth-order valence-corrected chi connectivity index (χ4v) is 13.3. The molecule has 17 unspecified atom stereocenters. The van der Waals surface area contributed by atoms with Crippen LogP contribution < -0.4 is 5.32 Å². The smallest absolute Gasteiger partial charge is 0.220 e. The van der Waals surface area contributed by atoms with E-state index < -0.39 is 124 Å². The number of allylic oxidation sites excluding steroid dienone is 17. The molecular weight excluding hydrogens is 1320 g/mol. The predicted molar refractivity (Wildman–Crippen MR) is 415 cm³/mol. The van der Waals surface area contributed by atoms with Crippen molar-refractivity contribution >= 4 is 5.91 Å². The quantitative estimate of drug-likeness (QED) is 0.0199. The van der Waals surface area contributed by atoms with E-state index in [1.165, 1.54) is 154 Å². The van der Waals surface area contributed by atoms with Gasteiger partial charge in [0.05, 0.1) is 38.6 Å². The van der Waals surface area contributed by atoms with Gasteiger partial charge >= 0.3 is 0 Å². The molecule has 3 aliphatic rings. The van der Waals surface area contributed by atoms with Gasteiger partial charge in [-0.1, -0.05) is 309 Å². The van der Waals surface area contributed by atoms with Crippen LogP contribution in [0.25, 0.3) is 0 Å². The van der Waals surface area contributed by atoms with Crippen LogP contribution in [0.1, 0.15) is 290 Å². The lowest BCUT2D eigenvalue weighted by Crippen LogP contribution is -2.66. The summed E-state index contributed by atoms with van der Waals surface area (Å²) >= 11 is 0. The maximum atomic E-state index is 13.5. The highest BCUT2D eigenvalue weighted by Gasteiger charge is 2.54. The highest BCUT2D eigenvalue weighted by atomic mass is 16.8. The number of rotatable bonds is 64. The molecule has 3 fully saturated rings. The van der Waals surface area contributed by atoms with Crippen molar-refractivity contribution in [3.05, 3.63) is 109 Å². The van der Waals surface area contributed by atoms with Gasteiger partial charge in [0.15, 0.2) is 18.9 Å². The van der Waals surface area contributed by atoms with E-state index in [2.05, 4.69) is 116 Å². The summed E-state index contributed by atoms with van der Waals surface area (Å²) in [6, 6.07) is -0.984. The van der Waals surface area contributed by atoms with Crippen molar-refractivity contribution in [2.24, 2.45) is 0 Å². The normalized spacial score (nSPS) is 26.5. The molecule has 0 aromatic carbocycles. The molecule has 0 bridgehead atoms. The molecule has 12 N–H and O–H groups in total. The second-order valence-electron chi connectivity index (χ2n) is 28.9. The number of aliphatic hydroxyl groups is 11. The molecule has 3 rings (SSSR count). The van der Waals surface area contributed by atoms with Gasteiger partial charge in [-0.05, 0) is 83.5 Å². The molecule has 19 heteroatoms. The number of hydrogen-bond acceptors (Lipinski definition) is 18. The fraction of sp³-hybridized carbons (Fsp3) is 0.776. The van der Waals surface area contributed by atoms with Crippen LogP contribution in [0, 0.1) is 0 Å². The zero-order valence-corrected chi connectivity index (χ0v) is 64.2. The van der Waals surface area contributed by atoms with E-state index in [-0.39, 0.29) is 18.9 Å². The van der Waals surface area contributed by atoms with E-state index >= 15 is 0 Å². The van der Waals surface area contributed by atoms with E-state index in [4.69, 9.17) is 28.4 Å². The molecule has 0 spiro atoms. The first-order valence-corrected chi connectivity index (χ1v) is 41.1. The van der Waals surface area contributed by atoms with Gasteiger partial charge in [-0.2, -0.15) is 0 Å². The number of carbonyl (C=O) groups is 1. The Labute approximate surface area is 627 Å². The van der Waals surface area contributed by atoms with E-state index in [0.29, 0.717) is 6.42 Å². The van der Waals surface area contributed by atoms with Crippen molar-refractivity contribution in [3.63, 3.8) is 0 Å². The molecule has 104 heavy (non-hydrogen) atoms. The van der Waals surface area contributed by atoms with Crippen LogP contribution in [0.2, 0.25) is 0 Å². The lowest BCUT2D eigenvalue weighted by Gasteiger charge is -2.48. The van der Waals surface area contributed by atoms with Gasteiger partial charge < -0.3 is 89.9 Å². The third-order valence-electron chi connectivity index (χ3n) is 19.8. The Kier molecular flexibility index (Phi) is 58.5. The number of unbranched alkanes of at least 4 members (excludes halogenated alkanes) is 32. The van der Waals surface area contributed by atoms with Crippen LogP contribution in [0.4, 0.5) is 0 Å². The second kappa shape index (κ2) is 64.3. The van der Waals surface area contributed by atoms with Crippen molar-refractivity contribution in [1.82, 2.24) is 5.32 Å². The number of amides is 1. The number of ether oxygens (including phenoxy) is 6. The van der Waals surface area contributed by atoms with Gasteiger partial charge in [-0.25, -0.2) is 0 Å². The molecule has 3 heterocycles. The molecule has 1 amide bonds. The largest absolute Gasteiger partial charge is 0.394 e. The lowest BCUT2D eigenvalue weighted by molar-refractivity contribution is -0.379. The first-order valence-electron chi connectivity index (χ1n) is 41.1. The summed E-state index contributed by atoms with van der Waals surface area (Å²) in [4.78, 5) is 13.5. The molecule has 0 radical (unpaired) electrons. The van der Waals surface area contributed by atoms with Crippen LogP contribution in [-0.2, 0) is 33.2 Å². The van der Waals surface area contributed by atoms with Gasteiger partial charge in [-0.3, -0.25) is 4.79 Å². The molecule has 0 aromatic rings. The summed E-state index contributed by atoms with van der Waals surface area (Å²) < 4.78 is 34.5. The summed E-state index contributed by atoms with van der Waals surface area (Å²) in [6.07, 6.45) is 62.0. The molecular formula is C85H147NO18. The van der Waals surface area contributed by atoms with E-state index in [0.717, 1.165) is 109 Å². The topological polar surface area (TPSA) is 307 Å². The molecule has 3 saturated heterocycles. The van der Waals surface area contributed by atoms with Gasteiger partial charge in [0.1, 0.15) is 73.2 Å². The van der Waals surface area contributed by atoms with E-state index in [1.807, 2.05) is 6.08 Å². The van der Waals surface area contributed by atoms with E-state index in [9.17, 15) is 61.0 Å². The SMILES string of the molecule is CC/C=C\C/C=C\C/C=C\C/C=C\C/C=C\C/C=C\C/C=C\C/C=C\CCCCCCCCCCCCC(=O)NC(COC1OC(CO)C(OC2OC(CO)C(OC3OC(CO)C(O)C(O)C3O)C(O)C2O)C(O)C1O)C(O)/C=C/CCCCCCCCCCCCCCCCCCCCCCCC. The Morgan fingerprint density at radius 1 is 0.356 bits per heavy atom. The molecule has 0 saturated carbocycles. The van der Waals surface area contributed by atoms with Crippen molar-refractivity contribution in [2.75, 3.05) is 26.4 Å². The number of aliphatic hydroxyl groups excluding tert-OH is 11. The number of hydrogen-bond donors (Lipinski definition) is 12. The Morgan fingerprint density at radius 3 is 1.04 bits per heavy atom. The lowest BCUT2D eigenvalue weighted by atomic mass is 9.96. The van der Waals surface area contributed by atoms with Crippen LogP contribution in [0.15, 0.2) is 109 Å². The van der Waals surface area contributed by atoms with Crippen LogP contribution in [-0.4, -0.2) is 193 Å². The molecule has 0 aliphatic carbocycles. The average Bonchev–Trinajstić information content (AvgIpc) is 0.783. The Hall–Kier alpha value is -3.55. The third kappa shape index (κ3) is 43.6. The van der Waals surface area contributed by atoms with Gasteiger partial charge in [0.2, 0.25) is 5.91 Å². The summed E-state index contributed by atoms with van der Waals surface area (Å²) in [5.41, 5.74) is 0. The van der Waals surface area contributed by atoms with Crippen molar-refractivity contribution in [3.8, 4) is 0 Å². The minimum absolute atomic E-state index is 0.232. The Morgan fingerprint density at radius 2 is 0.663 bits per heavy atom. The third-order valence-corrected chi connectivity index (χ3v) is 19.8. The second-order valence-corrected chi connectivity index (χ2v) is 28.9. The summed E-state index contributed by atoms with van der Waals surface area (Å²) in [5.74, 6) is -0.282. The van der Waals surface area contributed by atoms with Crippen LogP contribution in [0.3, 0.4) is 0 Å². The standard InChI is InChI=1S/C85H147NO18/c1-3-5-7-9-11-13-15-17-19-21-23-25-27-29-30-31-32-33-34-35-36-37-38-39-41-43-45-47-49-51-53-55-57-59-61-63-73(91)86-68(69(90)62-60-58-56-54-52-50-48-46-44-42-40-28-26-24-22-20-18-16-14-12-10-8-6-4-2)67-99-83-79(97)76(94)81(71(65-88)101-83)104-85-80(98)77(95)82(72(66-89)102-85)103-84-78(96)75(93)74(92)70(64-87)100-84/h5,7,11,13,17,19,23,25,29-30,32-33,35-36,38-39,60,62,68-72,74-85,87-90,92-98H,3-4,6,8-10,12,14-16,18,20-22,24,26-28,31,34,37,40-59,61,63-67H2,1-2H3,(H,86,91)/b7-5-,13-11-,19-17-,25-23-,30-29-,33-32-,36-35-,39-38-,62-60+. The molecule has 19 nitrogen and oxygen atoms in total. The monoisotopic (exact) mass is 1470 g/mol. The molecule has 0 aromatic heterocycles. The minimum atomic E-state index is -1.98. The van der Waals surface area contributed by atoms with E-state index in [1.54, 1.807) is 6.08 Å². The maximum Gasteiger partial charge on any atom is 0.220 e. The predicted octanol–water partition coefficient (Wildman–Crippen LogP) is 14.1. The number of nitrogens with one attached hydrogen (secondary N) is 1. The zero-order chi connectivity index (χ0) is 75.3. The highest BCUT2D eigenvalue weighted by molar-refractivity contribution is 5.76. The maximum absolute atomic E-state index is 13.5. The van der Waals surface area contributed by atoms with Gasteiger partial charge in [-0.15, -0.1) is 0 Å².